The normalized spacial score (nSPS) is 11.4. The molecule has 35 heavy (non-hydrogen) atoms. The van der Waals surface area contributed by atoms with Crippen LogP contribution in [0.3, 0.4) is 0 Å². The van der Waals surface area contributed by atoms with E-state index in [0.717, 1.165) is 9.87 Å². The van der Waals surface area contributed by atoms with Gasteiger partial charge >= 0.3 is 0 Å². The fraction of sp³-hybridized carbons (Fsp3) is 0.200. The average Bonchev–Trinajstić information content (AvgIpc) is 2.87. The highest BCUT2D eigenvalue weighted by Gasteiger charge is 2.27. The number of carbonyl (C=O) groups excluding carboxylic acids is 1. The van der Waals surface area contributed by atoms with E-state index in [0.29, 0.717) is 23.7 Å². The van der Waals surface area contributed by atoms with Gasteiger partial charge in [0.1, 0.15) is 28.8 Å². The first-order valence-corrected chi connectivity index (χ1v) is 12.0. The minimum Gasteiger partial charge on any atom is -0.497 e. The van der Waals surface area contributed by atoms with Gasteiger partial charge in [0.15, 0.2) is 0 Å². The number of hydrazone groups is 1. The Morgan fingerprint density at radius 1 is 0.971 bits per heavy atom. The Morgan fingerprint density at radius 3 is 2.46 bits per heavy atom. The van der Waals surface area contributed by atoms with E-state index >= 15 is 0 Å². The Balaban J connectivity index is 1.58. The predicted molar refractivity (Wildman–Crippen MR) is 132 cm³/mol. The molecule has 0 aromatic heterocycles. The molecule has 0 unspecified atom stereocenters. The molecule has 0 fully saturated rings. The third-order valence-corrected chi connectivity index (χ3v) is 6.76. The zero-order valence-corrected chi connectivity index (χ0v) is 20.5. The summed E-state index contributed by atoms with van der Waals surface area (Å²) in [5.74, 6) is 0.542. The quantitative estimate of drug-likeness (QED) is 0.322. The Morgan fingerprint density at radius 2 is 1.74 bits per heavy atom. The standard InChI is InChI=1S/C25H27N3O6S/c1-28(35(30,31)24-15-21(32-2)12-13-23(24)33-3)17-25(29)27-26-16-20-10-7-11-22(14-20)34-18-19-8-5-4-6-9-19/h4-16H,17-18H2,1-3H3,(H,27,29). The van der Waals surface area contributed by atoms with E-state index in [4.69, 9.17) is 14.2 Å². The van der Waals surface area contributed by atoms with Crippen molar-refractivity contribution in [2.24, 2.45) is 5.10 Å². The second kappa shape index (κ2) is 12.0. The van der Waals surface area contributed by atoms with E-state index in [9.17, 15) is 13.2 Å². The lowest BCUT2D eigenvalue weighted by Crippen LogP contribution is -2.36. The van der Waals surface area contributed by atoms with Crippen molar-refractivity contribution in [3.05, 3.63) is 83.9 Å². The van der Waals surface area contributed by atoms with Crippen molar-refractivity contribution >= 4 is 22.1 Å². The first-order chi connectivity index (χ1) is 16.8. The summed E-state index contributed by atoms with van der Waals surface area (Å²) >= 11 is 0. The van der Waals surface area contributed by atoms with Crippen LogP contribution in [0.2, 0.25) is 0 Å². The molecule has 1 amide bonds. The van der Waals surface area contributed by atoms with E-state index in [-0.39, 0.29) is 10.6 Å². The van der Waals surface area contributed by atoms with Gasteiger partial charge < -0.3 is 14.2 Å². The summed E-state index contributed by atoms with van der Waals surface area (Å²) in [6.45, 7) is -0.0165. The average molecular weight is 498 g/mol. The molecule has 0 aliphatic rings. The third kappa shape index (κ3) is 7.05. The molecule has 0 radical (unpaired) electrons. The van der Waals surface area contributed by atoms with Gasteiger partial charge in [-0.25, -0.2) is 13.8 Å². The van der Waals surface area contributed by atoms with Crippen molar-refractivity contribution in [2.75, 3.05) is 27.8 Å². The molecule has 10 heteroatoms. The molecule has 184 valence electrons. The molecule has 1 N–H and O–H groups in total. The molecule has 3 rings (SSSR count). The molecule has 0 spiro atoms. The zero-order chi connectivity index (χ0) is 25.3. The first-order valence-electron chi connectivity index (χ1n) is 10.6. The van der Waals surface area contributed by atoms with Crippen LogP contribution in [0.4, 0.5) is 0 Å². The highest BCUT2D eigenvalue weighted by atomic mass is 32.2. The summed E-state index contributed by atoms with van der Waals surface area (Å²) in [7, 11) is 0.0684. The highest BCUT2D eigenvalue weighted by molar-refractivity contribution is 7.89. The summed E-state index contributed by atoms with van der Waals surface area (Å²) in [5, 5.41) is 3.92. The zero-order valence-electron chi connectivity index (χ0n) is 19.7. The second-order valence-corrected chi connectivity index (χ2v) is 9.43. The number of sulfonamides is 1. The summed E-state index contributed by atoms with van der Waals surface area (Å²) in [5.41, 5.74) is 4.09. The van der Waals surface area contributed by atoms with Crippen LogP contribution in [0.5, 0.6) is 17.2 Å². The fourth-order valence-electron chi connectivity index (χ4n) is 3.08. The lowest BCUT2D eigenvalue weighted by atomic mass is 10.2. The molecule has 3 aromatic rings. The lowest BCUT2D eigenvalue weighted by Gasteiger charge is -2.18. The number of hydrogen-bond donors (Lipinski definition) is 1. The van der Waals surface area contributed by atoms with E-state index in [1.807, 2.05) is 42.5 Å². The van der Waals surface area contributed by atoms with Crippen LogP contribution in [0.25, 0.3) is 0 Å². The van der Waals surface area contributed by atoms with Crippen molar-refractivity contribution in [3.8, 4) is 17.2 Å². The maximum atomic E-state index is 13.0. The second-order valence-electron chi connectivity index (χ2n) is 7.42. The maximum Gasteiger partial charge on any atom is 0.255 e. The largest absolute Gasteiger partial charge is 0.497 e. The fourth-order valence-corrected chi connectivity index (χ4v) is 4.37. The Hall–Kier alpha value is -3.89. The van der Waals surface area contributed by atoms with Crippen molar-refractivity contribution in [1.82, 2.24) is 9.73 Å². The number of carbonyl (C=O) groups is 1. The van der Waals surface area contributed by atoms with E-state index < -0.39 is 22.5 Å². The summed E-state index contributed by atoms with van der Waals surface area (Å²) in [6, 6.07) is 21.4. The monoisotopic (exact) mass is 497 g/mol. The van der Waals surface area contributed by atoms with Gasteiger partial charge in [0.2, 0.25) is 10.0 Å². The smallest absolute Gasteiger partial charge is 0.255 e. The van der Waals surface area contributed by atoms with Crippen molar-refractivity contribution < 1.29 is 27.4 Å². The van der Waals surface area contributed by atoms with Crippen LogP contribution in [-0.2, 0) is 21.4 Å². The minimum atomic E-state index is -4.02. The van der Waals surface area contributed by atoms with E-state index in [2.05, 4.69) is 10.5 Å². The van der Waals surface area contributed by atoms with Crippen molar-refractivity contribution in [1.29, 1.82) is 0 Å². The summed E-state index contributed by atoms with van der Waals surface area (Å²) < 4.78 is 42.9. The number of hydrogen-bond acceptors (Lipinski definition) is 7. The summed E-state index contributed by atoms with van der Waals surface area (Å²) in [6.07, 6.45) is 1.45. The highest BCUT2D eigenvalue weighted by Crippen LogP contribution is 2.30. The molecule has 9 nitrogen and oxygen atoms in total. The van der Waals surface area contributed by atoms with Gasteiger partial charge in [0, 0.05) is 13.1 Å². The Bertz CT molecular complexity index is 1280. The van der Waals surface area contributed by atoms with E-state index in [1.165, 1.54) is 39.6 Å². The van der Waals surface area contributed by atoms with Crippen LogP contribution in [0.15, 0.2) is 82.8 Å². The molecular formula is C25H27N3O6S. The van der Waals surface area contributed by atoms with Crippen LogP contribution < -0.4 is 19.6 Å². The number of amides is 1. The first kappa shape index (κ1) is 25.7. The molecule has 0 aliphatic carbocycles. The number of nitrogens with one attached hydrogen (secondary N) is 1. The van der Waals surface area contributed by atoms with E-state index in [1.54, 1.807) is 18.2 Å². The number of rotatable bonds is 11. The predicted octanol–water partition coefficient (Wildman–Crippen LogP) is 3.05. The van der Waals surface area contributed by atoms with Gasteiger partial charge in [-0.2, -0.15) is 9.41 Å². The van der Waals surface area contributed by atoms with Gasteiger partial charge in [-0.3, -0.25) is 4.79 Å². The molecule has 3 aromatic carbocycles. The van der Waals surface area contributed by atoms with Crippen LogP contribution >= 0.6 is 0 Å². The molecule has 0 saturated carbocycles. The Labute approximate surface area is 205 Å². The number of likely N-dealkylation sites (N-methyl/N-ethyl adjacent to an activating group) is 1. The van der Waals surface area contributed by atoms with Gasteiger partial charge in [-0.15, -0.1) is 0 Å². The van der Waals surface area contributed by atoms with Crippen molar-refractivity contribution in [2.45, 2.75) is 11.5 Å². The van der Waals surface area contributed by atoms with Crippen LogP contribution in [-0.4, -0.2) is 52.7 Å². The third-order valence-electron chi connectivity index (χ3n) is 4.93. The van der Waals surface area contributed by atoms with Gasteiger partial charge in [0.05, 0.1) is 27.0 Å². The SMILES string of the molecule is COc1ccc(OC)c(S(=O)(=O)N(C)CC(=O)NN=Cc2cccc(OCc3ccccc3)c2)c1. The molecular weight excluding hydrogens is 470 g/mol. The van der Waals surface area contributed by atoms with Crippen molar-refractivity contribution in [3.63, 3.8) is 0 Å². The van der Waals surface area contributed by atoms with Crippen LogP contribution in [0, 0.1) is 0 Å². The molecule has 0 saturated heterocycles. The minimum absolute atomic E-state index is 0.106. The molecule has 0 bridgehead atoms. The lowest BCUT2D eigenvalue weighted by molar-refractivity contribution is -0.121. The molecule has 0 heterocycles. The maximum absolute atomic E-state index is 13.0. The van der Waals surface area contributed by atoms with Gasteiger partial charge in [-0.05, 0) is 35.4 Å². The molecule has 0 aliphatic heterocycles. The number of ether oxygens (including phenoxy) is 3. The van der Waals surface area contributed by atoms with Gasteiger partial charge in [0.25, 0.3) is 5.91 Å². The van der Waals surface area contributed by atoms with Crippen LogP contribution in [0.1, 0.15) is 11.1 Å². The number of nitrogens with zero attached hydrogens (tertiary/aromatic N) is 2. The number of methoxy groups -OCH3 is 2. The topological polar surface area (TPSA) is 107 Å². The Kier molecular flexibility index (Phi) is 8.82. The van der Waals surface area contributed by atoms with Gasteiger partial charge in [-0.1, -0.05) is 42.5 Å². The summed E-state index contributed by atoms with van der Waals surface area (Å²) in [4.78, 5) is 12.2. The molecule has 0 atom stereocenters. The number of benzene rings is 3.